The average Bonchev–Trinajstić information content (AvgIpc) is 2.23. The Morgan fingerprint density at radius 2 is 1.79 bits per heavy atom. The van der Waals surface area contributed by atoms with E-state index < -0.39 is 0 Å². The second-order valence-corrected chi connectivity index (χ2v) is 5.56. The summed E-state index contributed by atoms with van der Waals surface area (Å²) < 4.78 is 0. The molecule has 1 heterocycles. The number of rotatable bonds is 2. The molecule has 1 saturated carbocycles. The number of hydrogen-bond donors (Lipinski definition) is 0. The van der Waals surface area contributed by atoms with E-state index in [1.807, 2.05) is 24.2 Å². The minimum atomic E-state index is 0.841. The molecule has 0 N–H and O–H groups in total. The van der Waals surface area contributed by atoms with Gasteiger partial charge in [0.15, 0.2) is 0 Å². The molecular formula is C12H17NS. The molecule has 1 aliphatic rings. The van der Waals surface area contributed by atoms with Gasteiger partial charge in [-0.1, -0.05) is 6.92 Å². The molecule has 1 aliphatic carbocycles. The van der Waals surface area contributed by atoms with Crippen molar-refractivity contribution in [1.82, 2.24) is 4.98 Å². The van der Waals surface area contributed by atoms with Crippen LogP contribution in [0.2, 0.25) is 0 Å². The Hall–Kier alpha value is -0.500. The number of thioether (sulfide) groups is 1. The van der Waals surface area contributed by atoms with Gasteiger partial charge in [-0.15, -0.1) is 11.8 Å². The smallest absolute Gasteiger partial charge is 0.0278 e. The lowest BCUT2D eigenvalue weighted by atomic mass is 9.91. The van der Waals surface area contributed by atoms with Gasteiger partial charge < -0.3 is 0 Å². The van der Waals surface area contributed by atoms with Crippen LogP contribution in [0.4, 0.5) is 0 Å². The first-order valence-electron chi connectivity index (χ1n) is 5.41. The van der Waals surface area contributed by atoms with E-state index in [0.29, 0.717) is 0 Å². The quantitative estimate of drug-likeness (QED) is 0.732. The molecule has 0 atom stereocenters. The summed E-state index contributed by atoms with van der Waals surface area (Å²) >= 11 is 2.03. The number of aromatic nitrogens is 1. The molecule has 0 unspecified atom stereocenters. The molecule has 1 nitrogen and oxygen atoms in total. The molecule has 2 rings (SSSR count). The van der Waals surface area contributed by atoms with E-state index in [-0.39, 0.29) is 0 Å². The van der Waals surface area contributed by atoms with Crippen LogP contribution in [0, 0.1) is 5.92 Å². The van der Waals surface area contributed by atoms with Crippen LogP contribution in [-0.2, 0) is 0 Å². The van der Waals surface area contributed by atoms with Crippen molar-refractivity contribution in [1.29, 1.82) is 0 Å². The average molecular weight is 207 g/mol. The van der Waals surface area contributed by atoms with E-state index in [1.165, 1.54) is 30.6 Å². The van der Waals surface area contributed by atoms with Crippen LogP contribution in [0.1, 0.15) is 32.6 Å². The van der Waals surface area contributed by atoms with Crippen molar-refractivity contribution in [3.63, 3.8) is 0 Å². The van der Waals surface area contributed by atoms with Crippen LogP contribution in [0.3, 0.4) is 0 Å². The predicted molar refractivity (Wildman–Crippen MR) is 61.5 cm³/mol. The van der Waals surface area contributed by atoms with Gasteiger partial charge in [-0.3, -0.25) is 4.98 Å². The fraction of sp³-hybridized carbons (Fsp3) is 0.583. The third-order valence-electron chi connectivity index (χ3n) is 2.92. The highest BCUT2D eigenvalue weighted by atomic mass is 32.2. The first kappa shape index (κ1) is 10.0. The third-order valence-corrected chi connectivity index (χ3v) is 4.26. The van der Waals surface area contributed by atoms with E-state index >= 15 is 0 Å². The van der Waals surface area contributed by atoms with Crippen LogP contribution < -0.4 is 0 Å². The van der Waals surface area contributed by atoms with E-state index in [9.17, 15) is 0 Å². The van der Waals surface area contributed by atoms with Gasteiger partial charge in [0.05, 0.1) is 0 Å². The van der Waals surface area contributed by atoms with E-state index in [1.54, 1.807) is 0 Å². The van der Waals surface area contributed by atoms with Gasteiger partial charge in [-0.05, 0) is 43.7 Å². The molecule has 0 aliphatic heterocycles. The van der Waals surface area contributed by atoms with Crippen LogP contribution in [-0.4, -0.2) is 10.2 Å². The summed E-state index contributed by atoms with van der Waals surface area (Å²) in [6.45, 7) is 2.37. The van der Waals surface area contributed by atoms with Crippen LogP contribution in [0.5, 0.6) is 0 Å². The largest absolute Gasteiger partial charge is 0.265 e. The lowest BCUT2D eigenvalue weighted by molar-refractivity contribution is 0.393. The Morgan fingerprint density at radius 1 is 1.14 bits per heavy atom. The van der Waals surface area contributed by atoms with Gasteiger partial charge in [0.2, 0.25) is 0 Å². The van der Waals surface area contributed by atoms with E-state index in [0.717, 1.165) is 11.2 Å². The molecule has 1 aromatic heterocycles. The molecule has 76 valence electrons. The first-order valence-corrected chi connectivity index (χ1v) is 6.29. The SMILES string of the molecule is CC1CCC(Sc2ccncc2)CC1. The maximum atomic E-state index is 4.04. The summed E-state index contributed by atoms with van der Waals surface area (Å²) in [6.07, 6.45) is 9.34. The van der Waals surface area contributed by atoms with Crippen molar-refractivity contribution in [2.75, 3.05) is 0 Å². The minimum absolute atomic E-state index is 0.841. The van der Waals surface area contributed by atoms with E-state index in [4.69, 9.17) is 0 Å². The molecule has 1 fully saturated rings. The summed E-state index contributed by atoms with van der Waals surface area (Å²) in [4.78, 5) is 5.41. The lowest BCUT2D eigenvalue weighted by Gasteiger charge is -2.25. The lowest BCUT2D eigenvalue weighted by Crippen LogP contribution is -2.13. The fourth-order valence-corrected chi connectivity index (χ4v) is 3.13. The molecule has 0 amide bonds. The fourth-order valence-electron chi connectivity index (χ4n) is 1.96. The van der Waals surface area contributed by atoms with Crippen LogP contribution in [0.15, 0.2) is 29.4 Å². The zero-order valence-corrected chi connectivity index (χ0v) is 9.46. The molecule has 0 saturated heterocycles. The van der Waals surface area contributed by atoms with Gasteiger partial charge in [0.1, 0.15) is 0 Å². The van der Waals surface area contributed by atoms with Crippen molar-refractivity contribution in [3.8, 4) is 0 Å². The Balaban J connectivity index is 1.87. The van der Waals surface area contributed by atoms with Gasteiger partial charge in [0, 0.05) is 22.5 Å². The molecule has 14 heavy (non-hydrogen) atoms. The number of nitrogens with zero attached hydrogens (tertiary/aromatic N) is 1. The van der Waals surface area contributed by atoms with Crippen LogP contribution in [0.25, 0.3) is 0 Å². The van der Waals surface area contributed by atoms with Crippen molar-refractivity contribution >= 4 is 11.8 Å². The predicted octanol–water partition coefficient (Wildman–Crippen LogP) is 3.75. The van der Waals surface area contributed by atoms with Crippen molar-refractivity contribution in [3.05, 3.63) is 24.5 Å². The maximum absolute atomic E-state index is 4.04. The standard InChI is InChI=1S/C12H17NS/c1-10-2-4-11(5-3-10)14-12-6-8-13-9-7-12/h6-11H,2-5H2,1H3. The Kier molecular flexibility index (Phi) is 3.46. The Labute approximate surface area is 90.3 Å². The summed E-state index contributed by atoms with van der Waals surface area (Å²) in [7, 11) is 0. The minimum Gasteiger partial charge on any atom is -0.265 e. The zero-order valence-electron chi connectivity index (χ0n) is 8.65. The van der Waals surface area contributed by atoms with Crippen molar-refractivity contribution in [2.45, 2.75) is 42.8 Å². The highest BCUT2D eigenvalue weighted by Crippen LogP contribution is 2.35. The van der Waals surface area contributed by atoms with Gasteiger partial charge in [-0.25, -0.2) is 0 Å². The summed E-state index contributed by atoms with van der Waals surface area (Å²) in [5.74, 6) is 0.948. The molecule has 1 aromatic rings. The molecule has 0 bridgehead atoms. The molecule has 0 aromatic carbocycles. The first-order chi connectivity index (χ1) is 6.84. The van der Waals surface area contributed by atoms with Crippen molar-refractivity contribution < 1.29 is 0 Å². The Morgan fingerprint density at radius 3 is 2.43 bits per heavy atom. The molecule has 0 radical (unpaired) electrons. The molecular weight excluding hydrogens is 190 g/mol. The zero-order chi connectivity index (χ0) is 9.80. The van der Waals surface area contributed by atoms with E-state index in [2.05, 4.69) is 24.0 Å². The third kappa shape index (κ3) is 2.74. The summed E-state index contributed by atoms with van der Waals surface area (Å²) in [5, 5.41) is 0.841. The van der Waals surface area contributed by atoms with Gasteiger partial charge in [-0.2, -0.15) is 0 Å². The number of hydrogen-bond acceptors (Lipinski definition) is 2. The second-order valence-electron chi connectivity index (χ2n) is 4.18. The topological polar surface area (TPSA) is 12.9 Å². The second kappa shape index (κ2) is 4.83. The highest BCUT2D eigenvalue weighted by molar-refractivity contribution is 8.00. The molecule has 0 spiro atoms. The monoisotopic (exact) mass is 207 g/mol. The highest BCUT2D eigenvalue weighted by Gasteiger charge is 2.18. The summed E-state index contributed by atoms with van der Waals surface area (Å²) in [5.41, 5.74) is 0. The van der Waals surface area contributed by atoms with Crippen molar-refractivity contribution in [2.24, 2.45) is 5.92 Å². The maximum Gasteiger partial charge on any atom is 0.0278 e. The molecule has 2 heteroatoms. The van der Waals surface area contributed by atoms with Gasteiger partial charge >= 0.3 is 0 Å². The van der Waals surface area contributed by atoms with Gasteiger partial charge in [0.25, 0.3) is 0 Å². The van der Waals surface area contributed by atoms with Crippen LogP contribution >= 0.6 is 11.8 Å². The summed E-state index contributed by atoms with van der Waals surface area (Å²) in [6, 6.07) is 4.23. The Bertz CT molecular complexity index is 265. The normalized spacial score (nSPS) is 27.5. The number of pyridine rings is 1.